The van der Waals surface area contributed by atoms with Crippen LogP contribution in [0.1, 0.15) is 73.6 Å². The molecule has 2 aliphatic carbocycles. The lowest BCUT2D eigenvalue weighted by molar-refractivity contribution is -0.148. The highest BCUT2D eigenvalue weighted by atomic mass is 19.1. The van der Waals surface area contributed by atoms with Gasteiger partial charge in [-0.3, -0.25) is 9.69 Å². The molecule has 5 heteroatoms. The van der Waals surface area contributed by atoms with Crippen LogP contribution in [0.5, 0.6) is 0 Å². The Hall–Kier alpha value is -2.24. The summed E-state index contributed by atoms with van der Waals surface area (Å²) in [6.45, 7) is 7.93. The lowest BCUT2D eigenvalue weighted by Gasteiger charge is -2.31. The van der Waals surface area contributed by atoms with Gasteiger partial charge in [0.15, 0.2) is 0 Å². The maximum absolute atomic E-state index is 13.6. The molecule has 1 saturated carbocycles. The SMILES string of the molecule is CCOC(=O)CC1CN(CC)CCO1.Fc1ccc2c(c1)C1CCC[C@@H]1c1ccccc1C2. The maximum Gasteiger partial charge on any atom is 0.308 e. The van der Waals surface area contributed by atoms with Crippen LogP contribution in [-0.2, 0) is 20.7 Å². The van der Waals surface area contributed by atoms with Crippen LogP contribution in [0.25, 0.3) is 0 Å². The van der Waals surface area contributed by atoms with E-state index in [1.807, 2.05) is 13.0 Å². The highest BCUT2D eigenvalue weighted by molar-refractivity contribution is 5.70. The van der Waals surface area contributed by atoms with Crippen molar-refractivity contribution < 1.29 is 18.7 Å². The average Bonchev–Trinajstić information content (AvgIpc) is 3.26. The lowest BCUT2D eigenvalue weighted by atomic mass is 9.84. The Labute approximate surface area is 197 Å². The number of carbonyl (C=O) groups excluding carboxylic acids is 1. The number of esters is 1. The molecule has 2 aromatic rings. The average molecular weight is 454 g/mol. The second-order valence-corrected chi connectivity index (χ2v) is 9.26. The summed E-state index contributed by atoms with van der Waals surface area (Å²) in [7, 11) is 0. The van der Waals surface area contributed by atoms with Crippen molar-refractivity contribution in [2.75, 3.05) is 32.8 Å². The summed E-state index contributed by atoms with van der Waals surface area (Å²) >= 11 is 0. The summed E-state index contributed by atoms with van der Waals surface area (Å²) in [6.07, 6.45) is 5.07. The number of morpholine rings is 1. The van der Waals surface area contributed by atoms with Crippen LogP contribution in [0.4, 0.5) is 4.39 Å². The molecule has 3 aliphatic rings. The van der Waals surface area contributed by atoms with Gasteiger partial charge < -0.3 is 9.47 Å². The first-order valence-corrected chi connectivity index (χ1v) is 12.4. The van der Waals surface area contributed by atoms with Crippen molar-refractivity contribution in [2.45, 2.75) is 63.9 Å². The fourth-order valence-corrected chi connectivity index (χ4v) is 5.64. The van der Waals surface area contributed by atoms with Crippen molar-refractivity contribution in [3.63, 3.8) is 0 Å². The number of hydrogen-bond donors (Lipinski definition) is 0. The molecule has 0 amide bonds. The van der Waals surface area contributed by atoms with Crippen LogP contribution >= 0.6 is 0 Å². The van der Waals surface area contributed by atoms with Crippen LogP contribution in [0.2, 0.25) is 0 Å². The number of carbonyl (C=O) groups is 1. The van der Waals surface area contributed by atoms with Gasteiger partial charge in [-0.05, 0) is 79.0 Å². The smallest absolute Gasteiger partial charge is 0.308 e. The third-order valence-electron chi connectivity index (χ3n) is 7.23. The van der Waals surface area contributed by atoms with E-state index in [1.165, 1.54) is 41.5 Å². The van der Waals surface area contributed by atoms with Crippen molar-refractivity contribution in [3.05, 3.63) is 70.5 Å². The Morgan fingerprint density at radius 2 is 1.85 bits per heavy atom. The summed E-state index contributed by atoms with van der Waals surface area (Å²) in [4.78, 5) is 13.5. The van der Waals surface area contributed by atoms with E-state index >= 15 is 0 Å². The van der Waals surface area contributed by atoms with Gasteiger partial charge >= 0.3 is 5.97 Å². The van der Waals surface area contributed by atoms with E-state index in [0.717, 1.165) is 32.7 Å². The summed E-state index contributed by atoms with van der Waals surface area (Å²) in [6, 6.07) is 14.2. The zero-order valence-electron chi connectivity index (χ0n) is 19.9. The maximum atomic E-state index is 13.6. The van der Waals surface area contributed by atoms with E-state index in [9.17, 15) is 9.18 Å². The molecule has 1 aliphatic heterocycles. The molecule has 3 atom stereocenters. The zero-order chi connectivity index (χ0) is 23.2. The third kappa shape index (κ3) is 5.82. The quantitative estimate of drug-likeness (QED) is 0.578. The summed E-state index contributed by atoms with van der Waals surface area (Å²) in [5.41, 5.74) is 5.52. The molecule has 4 nitrogen and oxygen atoms in total. The minimum atomic E-state index is -0.157. The Bertz CT molecular complexity index is 946. The largest absolute Gasteiger partial charge is 0.466 e. The molecular formula is C28H36FNO3. The van der Waals surface area contributed by atoms with Gasteiger partial charge in [0.2, 0.25) is 0 Å². The van der Waals surface area contributed by atoms with Gasteiger partial charge in [-0.15, -0.1) is 0 Å². The first-order valence-electron chi connectivity index (χ1n) is 12.4. The normalized spacial score (nSPS) is 23.9. The van der Waals surface area contributed by atoms with Crippen LogP contribution in [0, 0.1) is 5.82 Å². The number of ether oxygens (including phenoxy) is 2. The molecule has 0 bridgehead atoms. The molecule has 5 rings (SSSR count). The number of fused-ring (bicyclic) bond motifs is 5. The van der Waals surface area contributed by atoms with Crippen LogP contribution in [-0.4, -0.2) is 49.8 Å². The minimum Gasteiger partial charge on any atom is -0.466 e. The monoisotopic (exact) mass is 453 g/mol. The number of halogens is 1. The van der Waals surface area contributed by atoms with E-state index in [0.29, 0.717) is 24.9 Å². The first kappa shape index (κ1) is 23.9. The summed E-state index contributed by atoms with van der Waals surface area (Å²) in [5, 5.41) is 0. The van der Waals surface area contributed by atoms with E-state index in [4.69, 9.17) is 9.47 Å². The molecule has 0 radical (unpaired) electrons. The van der Waals surface area contributed by atoms with Crippen LogP contribution < -0.4 is 0 Å². The van der Waals surface area contributed by atoms with Gasteiger partial charge in [0.05, 0.1) is 25.7 Å². The van der Waals surface area contributed by atoms with Gasteiger partial charge in [-0.1, -0.05) is 43.7 Å². The third-order valence-corrected chi connectivity index (χ3v) is 7.23. The Balaban J connectivity index is 0.000000166. The standard InChI is InChI=1S/C18H17F.C10H19NO3/c19-14-9-8-13-10-12-4-1-2-5-15(12)16-6-3-7-17(16)18(13)11-14;1-3-11-5-6-14-9(8-11)7-10(12)13-4-2/h1-2,4-5,8-9,11,16-17H,3,6-7,10H2;9H,3-8H2,1-2H3/t16-,17?;/m1./s1. The summed E-state index contributed by atoms with van der Waals surface area (Å²) < 4.78 is 24.0. The zero-order valence-corrected chi connectivity index (χ0v) is 19.9. The molecule has 2 aromatic carbocycles. The van der Waals surface area contributed by atoms with Crippen molar-refractivity contribution in [3.8, 4) is 0 Å². The predicted molar refractivity (Wildman–Crippen MR) is 128 cm³/mol. The Morgan fingerprint density at radius 1 is 1.09 bits per heavy atom. The number of benzene rings is 2. The van der Waals surface area contributed by atoms with Gasteiger partial charge in [0, 0.05) is 13.1 Å². The van der Waals surface area contributed by atoms with Crippen LogP contribution in [0.3, 0.4) is 0 Å². The molecule has 0 aromatic heterocycles. The second-order valence-electron chi connectivity index (χ2n) is 9.26. The van der Waals surface area contributed by atoms with Gasteiger partial charge in [0.25, 0.3) is 0 Å². The van der Waals surface area contributed by atoms with Crippen molar-refractivity contribution >= 4 is 5.97 Å². The highest BCUT2D eigenvalue weighted by Gasteiger charge is 2.34. The van der Waals surface area contributed by atoms with E-state index in [2.05, 4.69) is 36.1 Å². The molecule has 1 saturated heterocycles. The van der Waals surface area contributed by atoms with Crippen molar-refractivity contribution in [1.82, 2.24) is 4.90 Å². The van der Waals surface area contributed by atoms with E-state index < -0.39 is 0 Å². The molecule has 178 valence electrons. The molecule has 33 heavy (non-hydrogen) atoms. The lowest BCUT2D eigenvalue weighted by Crippen LogP contribution is -2.43. The predicted octanol–water partition coefficient (Wildman–Crippen LogP) is 5.44. The van der Waals surface area contributed by atoms with Crippen molar-refractivity contribution in [2.24, 2.45) is 0 Å². The number of nitrogens with zero attached hydrogens (tertiary/aromatic N) is 1. The molecule has 0 spiro atoms. The molecule has 1 heterocycles. The number of hydrogen-bond acceptors (Lipinski definition) is 4. The summed E-state index contributed by atoms with van der Waals surface area (Å²) in [5.74, 6) is 0.874. The molecule has 2 unspecified atom stereocenters. The fraction of sp³-hybridized carbons (Fsp3) is 0.536. The number of likely N-dealkylation sites (N-methyl/N-ethyl adjacent to an activating group) is 1. The molecular weight excluding hydrogens is 417 g/mol. The van der Waals surface area contributed by atoms with E-state index in [-0.39, 0.29) is 17.9 Å². The molecule has 2 fully saturated rings. The van der Waals surface area contributed by atoms with Gasteiger partial charge in [-0.25, -0.2) is 4.39 Å². The minimum absolute atomic E-state index is 0.0164. The Morgan fingerprint density at radius 3 is 2.64 bits per heavy atom. The van der Waals surface area contributed by atoms with Gasteiger partial charge in [0.1, 0.15) is 5.82 Å². The van der Waals surface area contributed by atoms with E-state index in [1.54, 1.807) is 12.1 Å². The van der Waals surface area contributed by atoms with Crippen LogP contribution in [0.15, 0.2) is 42.5 Å². The Kier molecular flexibility index (Phi) is 8.15. The highest BCUT2D eigenvalue weighted by Crippen LogP contribution is 2.50. The number of rotatable bonds is 4. The molecule has 0 N–H and O–H groups in total. The first-order chi connectivity index (χ1) is 16.1. The van der Waals surface area contributed by atoms with Crippen molar-refractivity contribution in [1.29, 1.82) is 0 Å². The second kappa shape index (κ2) is 11.3. The van der Waals surface area contributed by atoms with Gasteiger partial charge in [-0.2, -0.15) is 0 Å². The topological polar surface area (TPSA) is 38.8 Å². The fourth-order valence-electron chi connectivity index (χ4n) is 5.64.